The van der Waals surface area contributed by atoms with Crippen molar-refractivity contribution < 1.29 is 4.79 Å². The van der Waals surface area contributed by atoms with Crippen LogP contribution in [0.1, 0.15) is 20.8 Å². The Morgan fingerprint density at radius 3 is 2.45 bits per heavy atom. The molecule has 2 aromatic carbocycles. The maximum atomic E-state index is 12.9. The molecule has 2 aromatic heterocycles. The minimum absolute atomic E-state index is 0.116. The number of thiophene rings is 1. The van der Waals surface area contributed by atoms with Crippen molar-refractivity contribution in [3.8, 4) is 17.2 Å². The number of carbonyl (C=O) groups is 1. The Hall–Kier alpha value is -3.89. The Bertz CT molecular complexity index is 1270. The summed E-state index contributed by atoms with van der Waals surface area (Å²) in [6, 6.07) is 19.0. The zero-order chi connectivity index (χ0) is 20.5. The van der Waals surface area contributed by atoms with Crippen LogP contribution < -0.4 is 16.8 Å². The van der Waals surface area contributed by atoms with Crippen LogP contribution in [0.5, 0.6) is 0 Å². The number of nitrogen functional groups attached to an aromatic ring is 2. The molecule has 7 heteroatoms. The van der Waals surface area contributed by atoms with Crippen molar-refractivity contribution in [2.45, 2.75) is 6.92 Å². The van der Waals surface area contributed by atoms with Crippen molar-refractivity contribution in [2.75, 3.05) is 16.8 Å². The number of nitrogens with zero attached hydrogens (tertiary/aromatic N) is 2. The van der Waals surface area contributed by atoms with Gasteiger partial charge in [0.1, 0.15) is 27.2 Å². The van der Waals surface area contributed by atoms with Crippen molar-refractivity contribution in [1.82, 2.24) is 4.98 Å². The number of hydrogen-bond donors (Lipinski definition) is 3. The molecule has 29 heavy (non-hydrogen) atoms. The molecule has 2 heterocycles. The Balaban J connectivity index is 1.88. The number of carbonyl (C=O) groups excluding carboxylic acids is 1. The van der Waals surface area contributed by atoms with E-state index < -0.39 is 0 Å². The number of nitrogens with one attached hydrogen (secondary N) is 1. The molecule has 4 aromatic rings. The van der Waals surface area contributed by atoms with E-state index in [0.717, 1.165) is 22.5 Å². The van der Waals surface area contributed by atoms with E-state index in [2.05, 4.69) is 16.4 Å². The van der Waals surface area contributed by atoms with Gasteiger partial charge in [0.25, 0.3) is 5.91 Å². The standard InChI is InChI=1S/C22H17N5OS/c1-12-7-9-14(10-8-12)26-21(28)19-18(24)17-16(13-5-3-2-4-6-13)15(11-23)20(25)27-22(17)29-19/h2-10H,24H2,1H3,(H2,25,27)(H,26,28). The number of rotatable bonds is 3. The summed E-state index contributed by atoms with van der Waals surface area (Å²) in [6.45, 7) is 1.98. The molecular formula is C22H17N5OS. The number of nitrogens with two attached hydrogens (primary N) is 2. The Kier molecular flexibility index (Phi) is 4.63. The van der Waals surface area contributed by atoms with Crippen molar-refractivity contribution >= 4 is 44.7 Å². The van der Waals surface area contributed by atoms with Gasteiger partial charge in [-0.2, -0.15) is 5.26 Å². The number of hydrogen-bond acceptors (Lipinski definition) is 6. The molecule has 0 atom stereocenters. The minimum atomic E-state index is -0.328. The van der Waals surface area contributed by atoms with Gasteiger partial charge in [-0.15, -0.1) is 11.3 Å². The predicted molar refractivity (Wildman–Crippen MR) is 118 cm³/mol. The van der Waals surface area contributed by atoms with Crippen LogP contribution in [0.25, 0.3) is 21.3 Å². The summed E-state index contributed by atoms with van der Waals surface area (Å²) in [5.41, 5.74) is 16.1. The van der Waals surface area contributed by atoms with Crippen molar-refractivity contribution in [2.24, 2.45) is 0 Å². The Morgan fingerprint density at radius 1 is 1.10 bits per heavy atom. The van der Waals surface area contributed by atoms with Crippen LogP contribution in [0.2, 0.25) is 0 Å². The summed E-state index contributed by atoms with van der Waals surface area (Å²) in [5, 5.41) is 13.1. The molecule has 0 saturated heterocycles. The Labute approximate surface area is 171 Å². The second-order valence-electron chi connectivity index (χ2n) is 6.57. The fourth-order valence-corrected chi connectivity index (χ4v) is 4.18. The zero-order valence-corrected chi connectivity index (χ0v) is 16.4. The van der Waals surface area contributed by atoms with E-state index in [4.69, 9.17) is 11.5 Å². The number of aromatic nitrogens is 1. The highest BCUT2D eigenvalue weighted by Crippen LogP contribution is 2.42. The maximum absolute atomic E-state index is 12.9. The molecule has 0 bridgehead atoms. The van der Waals surface area contributed by atoms with E-state index >= 15 is 0 Å². The minimum Gasteiger partial charge on any atom is -0.397 e. The Morgan fingerprint density at radius 2 is 1.79 bits per heavy atom. The van der Waals surface area contributed by atoms with Gasteiger partial charge in [0, 0.05) is 16.6 Å². The summed E-state index contributed by atoms with van der Waals surface area (Å²) >= 11 is 1.16. The van der Waals surface area contributed by atoms with E-state index in [-0.39, 0.29) is 23.0 Å². The lowest BCUT2D eigenvalue weighted by atomic mass is 9.97. The maximum Gasteiger partial charge on any atom is 0.267 e. The van der Waals surface area contributed by atoms with Gasteiger partial charge in [-0.3, -0.25) is 4.79 Å². The first-order chi connectivity index (χ1) is 14.0. The number of pyridine rings is 1. The highest BCUT2D eigenvalue weighted by Gasteiger charge is 2.24. The number of aryl methyl sites for hydroxylation is 1. The average Bonchev–Trinajstić information content (AvgIpc) is 3.05. The summed E-state index contributed by atoms with van der Waals surface area (Å²) in [5.74, 6) is -0.212. The van der Waals surface area contributed by atoms with Crippen LogP contribution in [0.4, 0.5) is 17.2 Å². The average molecular weight is 399 g/mol. The number of benzene rings is 2. The van der Waals surface area contributed by atoms with Crippen LogP contribution in [0, 0.1) is 18.3 Å². The molecule has 0 aliphatic heterocycles. The van der Waals surface area contributed by atoms with E-state index in [0.29, 0.717) is 26.3 Å². The van der Waals surface area contributed by atoms with Gasteiger partial charge in [0.05, 0.1) is 5.69 Å². The molecule has 0 saturated carbocycles. The van der Waals surface area contributed by atoms with Gasteiger partial charge < -0.3 is 16.8 Å². The smallest absolute Gasteiger partial charge is 0.267 e. The third-order valence-corrected chi connectivity index (χ3v) is 5.69. The second-order valence-corrected chi connectivity index (χ2v) is 7.57. The zero-order valence-electron chi connectivity index (χ0n) is 15.6. The van der Waals surface area contributed by atoms with Crippen LogP contribution in [0.3, 0.4) is 0 Å². The quantitative estimate of drug-likeness (QED) is 0.467. The molecule has 0 unspecified atom stereocenters. The van der Waals surface area contributed by atoms with Crippen LogP contribution in [0.15, 0.2) is 54.6 Å². The highest BCUT2D eigenvalue weighted by atomic mass is 32.1. The molecule has 5 N–H and O–H groups in total. The van der Waals surface area contributed by atoms with Crippen LogP contribution in [-0.4, -0.2) is 10.9 Å². The van der Waals surface area contributed by atoms with E-state index in [1.807, 2.05) is 61.5 Å². The van der Waals surface area contributed by atoms with E-state index in [1.165, 1.54) is 0 Å². The molecule has 6 nitrogen and oxygen atoms in total. The number of amides is 1. The summed E-state index contributed by atoms with van der Waals surface area (Å²) in [4.78, 5) is 18.1. The molecule has 1 amide bonds. The first-order valence-corrected chi connectivity index (χ1v) is 9.66. The SMILES string of the molecule is Cc1ccc(NC(=O)c2sc3nc(N)c(C#N)c(-c4ccccc4)c3c2N)cc1. The van der Waals surface area contributed by atoms with Gasteiger partial charge >= 0.3 is 0 Å². The molecule has 4 rings (SSSR count). The van der Waals surface area contributed by atoms with Crippen LogP contribution in [-0.2, 0) is 0 Å². The summed E-state index contributed by atoms with van der Waals surface area (Å²) < 4.78 is 0. The molecule has 0 aliphatic rings. The lowest BCUT2D eigenvalue weighted by molar-refractivity contribution is 0.103. The number of nitriles is 1. The lowest BCUT2D eigenvalue weighted by Gasteiger charge is -2.09. The van der Waals surface area contributed by atoms with Gasteiger partial charge in [-0.25, -0.2) is 4.98 Å². The first-order valence-electron chi connectivity index (χ1n) is 8.84. The normalized spacial score (nSPS) is 10.6. The van der Waals surface area contributed by atoms with Crippen molar-refractivity contribution in [3.05, 3.63) is 70.6 Å². The van der Waals surface area contributed by atoms with E-state index in [9.17, 15) is 10.1 Å². The number of anilines is 3. The lowest BCUT2D eigenvalue weighted by Crippen LogP contribution is -2.11. The molecule has 0 radical (unpaired) electrons. The first kappa shape index (κ1) is 18.5. The van der Waals surface area contributed by atoms with Crippen LogP contribution >= 0.6 is 11.3 Å². The fourth-order valence-electron chi connectivity index (χ4n) is 3.17. The third-order valence-electron chi connectivity index (χ3n) is 4.59. The third kappa shape index (κ3) is 3.26. The fraction of sp³-hybridized carbons (Fsp3) is 0.0455. The predicted octanol–water partition coefficient (Wildman–Crippen LogP) is 4.56. The second kappa shape index (κ2) is 7.26. The molecule has 0 aliphatic carbocycles. The molecule has 0 spiro atoms. The molecule has 0 fully saturated rings. The topological polar surface area (TPSA) is 118 Å². The van der Waals surface area contributed by atoms with Crippen molar-refractivity contribution in [1.29, 1.82) is 5.26 Å². The molecular weight excluding hydrogens is 382 g/mol. The van der Waals surface area contributed by atoms with Gasteiger partial charge in [-0.1, -0.05) is 48.0 Å². The van der Waals surface area contributed by atoms with Gasteiger partial charge in [-0.05, 0) is 24.6 Å². The van der Waals surface area contributed by atoms with Gasteiger partial charge in [0.15, 0.2) is 0 Å². The summed E-state index contributed by atoms with van der Waals surface area (Å²) in [6.07, 6.45) is 0. The highest BCUT2D eigenvalue weighted by molar-refractivity contribution is 7.21. The largest absolute Gasteiger partial charge is 0.397 e. The number of fused-ring (bicyclic) bond motifs is 1. The van der Waals surface area contributed by atoms with Crippen molar-refractivity contribution in [3.63, 3.8) is 0 Å². The summed E-state index contributed by atoms with van der Waals surface area (Å²) in [7, 11) is 0. The molecule has 142 valence electrons. The monoisotopic (exact) mass is 399 g/mol. The van der Waals surface area contributed by atoms with E-state index in [1.54, 1.807) is 0 Å². The van der Waals surface area contributed by atoms with Gasteiger partial charge in [0.2, 0.25) is 0 Å².